The van der Waals surface area contributed by atoms with Gasteiger partial charge in [-0.05, 0) is 6.92 Å². The van der Waals surface area contributed by atoms with Crippen LogP contribution in [0.1, 0.15) is 6.92 Å². The SMILES string of the molecule is COc1ccc(=O)n(C[C@@H](C)O)n1. The molecule has 1 aromatic rings. The van der Waals surface area contributed by atoms with Crippen LogP contribution in [0.2, 0.25) is 0 Å². The topological polar surface area (TPSA) is 64.3 Å². The Morgan fingerprint density at radius 2 is 2.38 bits per heavy atom. The minimum Gasteiger partial charge on any atom is -0.480 e. The summed E-state index contributed by atoms with van der Waals surface area (Å²) in [7, 11) is 1.47. The maximum atomic E-state index is 11.2. The van der Waals surface area contributed by atoms with Gasteiger partial charge in [-0.1, -0.05) is 0 Å². The summed E-state index contributed by atoms with van der Waals surface area (Å²) < 4.78 is 6.01. The normalized spacial score (nSPS) is 12.5. The number of rotatable bonds is 3. The Kier molecular flexibility index (Phi) is 3.02. The van der Waals surface area contributed by atoms with Crippen LogP contribution in [0.15, 0.2) is 16.9 Å². The van der Waals surface area contributed by atoms with Crippen molar-refractivity contribution in [1.29, 1.82) is 0 Å². The van der Waals surface area contributed by atoms with E-state index in [-0.39, 0.29) is 12.1 Å². The lowest BCUT2D eigenvalue weighted by Crippen LogP contribution is -2.26. The monoisotopic (exact) mass is 184 g/mol. The quantitative estimate of drug-likeness (QED) is 0.696. The Morgan fingerprint density at radius 3 is 2.92 bits per heavy atom. The molecule has 0 amide bonds. The zero-order chi connectivity index (χ0) is 9.84. The van der Waals surface area contributed by atoms with Crippen LogP contribution < -0.4 is 10.3 Å². The van der Waals surface area contributed by atoms with Gasteiger partial charge in [-0.25, -0.2) is 4.68 Å². The number of hydrogen-bond acceptors (Lipinski definition) is 4. The van der Waals surface area contributed by atoms with Crippen molar-refractivity contribution in [3.63, 3.8) is 0 Å². The minimum atomic E-state index is -0.600. The summed E-state index contributed by atoms with van der Waals surface area (Å²) in [4.78, 5) is 11.2. The van der Waals surface area contributed by atoms with Gasteiger partial charge in [-0.15, -0.1) is 5.10 Å². The fraction of sp³-hybridized carbons (Fsp3) is 0.500. The number of ether oxygens (including phenoxy) is 1. The largest absolute Gasteiger partial charge is 0.480 e. The van der Waals surface area contributed by atoms with Gasteiger partial charge in [0.2, 0.25) is 5.88 Å². The molecule has 0 unspecified atom stereocenters. The van der Waals surface area contributed by atoms with Crippen LogP contribution in [0.5, 0.6) is 5.88 Å². The van der Waals surface area contributed by atoms with Crippen molar-refractivity contribution in [2.24, 2.45) is 0 Å². The maximum absolute atomic E-state index is 11.2. The molecule has 1 rings (SSSR count). The Morgan fingerprint density at radius 1 is 1.69 bits per heavy atom. The number of nitrogens with zero attached hydrogens (tertiary/aromatic N) is 2. The first kappa shape index (κ1) is 9.73. The van der Waals surface area contributed by atoms with E-state index in [1.807, 2.05) is 0 Å². The van der Waals surface area contributed by atoms with Crippen LogP contribution in [0.3, 0.4) is 0 Å². The average Bonchev–Trinajstić information content (AvgIpc) is 2.08. The molecule has 0 spiro atoms. The van der Waals surface area contributed by atoms with Gasteiger partial charge in [0.15, 0.2) is 0 Å². The molecule has 1 heterocycles. The molecule has 5 heteroatoms. The van der Waals surface area contributed by atoms with E-state index in [9.17, 15) is 4.79 Å². The smallest absolute Gasteiger partial charge is 0.267 e. The second-order valence-electron chi connectivity index (χ2n) is 2.75. The second-order valence-corrected chi connectivity index (χ2v) is 2.75. The molecule has 0 saturated heterocycles. The molecule has 0 radical (unpaired) electrons. The van der Waals surface area contributed by atoms with E-state index in [2.05, 4.69) is 5.10 Å². The van der Waals surface area contributed by atoms with Gasteiger partial charge >= 0.3 is 0 Å². The molecule has 72 valence electrons. The molecule has 0 bridgehead atoms. The standard InChI is InChI=1S/C8H12N2O3/c1-6(11)5-10-8(12)4-3-7(9-10)13-2/h3-4,6,11H,5H2,1-2H3/t6-/m1/s1. The van der Waals surface area contributed by atoms with Crippen molar-refractivity contribution in [3.05, 3.63) is 22.5 Å². The van der Waals surface area contributed by atoms with Gasteiger partial charge in [0.1, 0.15) is 0 Å². The number of aromatic nitrogens is 2. The zero-order valence-corrected chi connectivity index (χ0v) is 7.60. The summed E-state index contributed by atoms with van der Waals surface area (Å²) in [5, 5.41) is 12.9. The van der Waals surface area contributed by atoms with Crippen molar-refractivity contribution in [2.75, 3.05) is 7.11 Å². The zero-order valence-electron chi connectivity index (χ0n) is 7.60. The van der Waals surface area contributed by atoms with E-state index >= 15 is 0 Å². The molecule has 1 N–H and O–H groups in total. The highest BCUT2D eigenvalue weighted by atomic mass is 16.5. The molecule has 13 heavy (non-hydrogen) atoms. The number of aliphatic hydroxyl groups is 1. The lowest BCUT2D eigenvalue weighted by molar-refractivity contribution is 0.164. The maximum Gasteiger partial charge on any atom is 0.267 e. The molecule has 5 nitrogen and oxygen atoms in total. The highest BCUT2D eigenvalue weighted by molar-refractivity contribution is 5.05. The summed E-state index contributed by atoms with van der Waals surface area (Å²) in [5.41, 5.74) is -0.248. The van der Waals surface area contributed by atoms with Gasteiger partial charge in [-0.2, -0.15) is 0 Å². The van der Waals surface area contributed by atoms with Crippen molar-refractivity contribution in [3.8, 4) is 5.88 Å². The van der Waals surface area contributed by atoms with E-state index in [4.69, 9.17) is 9.84 Å². The fourth-order valence-corrected chi connectivity index (χ4v) is 0.920. The van der Waals surface area contributed by atoms with Crippen molar-refractivity contribution in [1.82, 2.24) is 9.78 Å². The molecule has 0 aliphatic rings. The van der Waals surface area contributed by atoms with Crippen LogP contribution in [0.4, 0.5) is 0 Å². The Hall–Kier alpha value is -1.36. The first-order valence-corrected chi connectivity index (χ1v) is 3.93. The van der Waals surface area contributed by atoms with Crippen LogP contribution >= 0.6 is 0 Å². The van der Waals surface area contributed by atoms with Crippen LogP contribution in [0.25, 0.3) is 0 Å². The summed E-state index contributed by atoms with van der Waals surface area (Å²) in [5.74, 6) is 0.361. The Balaban J connectivity index is 2.97. The van der Waals surface area contributed by atoms with Crippen molar-refractivity contribution >= 4 is 0 Å². The lowest BCUT2D eigenvalue weighted by Gasteiger charge is -2.07. The minimum absolute atomic E-state index is 0.177. The molecule has 0 aromatic carbocycles. The fourth-order valence-electron chi connectivity index (χ4n) is 0.920. The molecular weight excluding hydrogens is 172 g/mol. The highest BCUT2D eigenvalue weighted by Gasteiger charge is 2.02. The first-order chi connectivity index (χ1) is 6.13. The summed E-state index contributed by atoms with van der Waals surface area (Å²) in [6.45, 7) is 1.77. The number of methoxy groups -OCH3 is 1. The summed E-state index contributed by atoms with van der Waals surface area (Å²) >= 11 is 0. The van der Waals surface area contributed by atoms with Gasteiger partial charge < -0.3 is 9.84 Å². The van der Waals surface area contributed by atoms with Gasteiger partial charge in [0, 0.05) is 12.1 Å². The van der Waals surface area contributed by atoms with Crippen molar-refractivity contribution in [2.45, 2.75) is 19.6 Å². The molecule has 1 atom stereocenters. The molecule has 1 aromatic heterocycles. The molecule has 0 saturated carbocycles. The first-order valence-electron chi connectivity index (χ1n) is 3.93. The Labute approximate surface area is 75.6 Å². The van der Waals surface area contributed by atoms with Crippen LogP contribution in [0, 0.1) is 0 Å². The van der Waals surface area contributed by atoms with E-state index in [0.717, 1.165) is 0 Å². The van der Waals surface area contributed by atoms with Gasteiger partial charge in [-0.3, -0.25) is 4.79 Å². The molecular formula is C8H12N2O3. The molecule has 0 aliphatic heterocycles. The second kappa shape index (κ2) is 4.04. The van der Waals surface area contributed by atoms with Gasteiger partial charge in [0.05, 0.1) is 19.8 Å². The number of aliphatic hydroxyl groups excluding tert-OH is 1. The predicted octanol–water partition coefficient (Wildman–Crippen LogP) is -0.367. The van der Waals surface area contributed by atoms with Crippen LogP contribution in [-0.4, -0.2) is 28.1 Å². The van der Waals surface area contributed by atoms with E-state index in [0.29, 0.717) is 5.88 Å². The van der Waals surface area contributed by atoms with E-state index < -0.39 is 6.10 Å². The average molecular weight is 184 g/mol. The third kappa shape index (κ3) is 2.55. The van der Waals surface area contributed by atoms with Crippen LogP contribution in [-0.2, 0) is 6.54 Å². The van der Waals surface area contributed by atoms with Crippen molar-refractivity contribution < 1.29 is 9.84 Å². The lowest BCUT2D eigenvalue weighted by atomic mass is 10.4. The highest BCUT2D eigenvalue weighted by Crippen LogP contribution is 1.99. The number of hydrogen-bond donors (Lipinski definition) is 1. The van der Waals surface area contributed by atoms with E-state index in [1.165, 1.54) is 23.9 Å². The Bertz CT molecular complexity index is 332. The molecule has 0 fully saturated rings. The third-order valence-corrected chi connectivity index (χ3v) is 1.49. The summed E-state index contributed by atoms with van der Waals surface area (Å²) in [6, 6.07) is 2.84. The van der Waals surface area contributed by atoms with Gasteiger partial charge in [0.25, 0.3) is 5.56 Å². The third-order valence-electron chi connectivity index (χ3n) is 1.49. The summed E-state index contributed by atoms with van der Waals surface area (Å²) in [6.07, 6.45) is -0.600. The molecule has 0 aliphatic carbocycles. The predicted molar refractivity (Wildman–Crippen MR) is 46.7 cm³/mol. The van der Waals surface area contributed by atoms with E-state index in [1.54, 1.807) is 6.92 Å².